The van der Waals surface area contributed by atoms with Gasteiger partial charge in [0.15, 0.2) is 5.82 Å². The molecular weight excluding hydrogens is 892 g/mol. The number of imide groups is 2. The second-order valence-electron chi connectivity index (χ2n) is 18.6. The molecule has 3 unspecified atom stereocenters. The lowest BCUT2D eigenvalue weighted by molar-refractivity contribution is -0.136. The van der Waals surface area contributed by atoms with Gasteiger partial charge in [0, 0.05) is 62.1 Å². The molecule has 3 aliphatic heterocycles. The largest absolute Gasteiger partial charge is 0.384 e. The Balaban J connectivity index is 0.702. The van der Waals surface area contributed by atoms with E-state index >= 15 is 0 Å². The molecule has 1 saturated carbocycles. The molecular formula is C49H65ClN10O6S. The summed E-state index contributed by atoms with van der Waals surface area (Å²) in [5.74, 6) is -0.857. The van der Waals surface area contributed by atoms with Crippen LogP contribution < -0.4 is 37.6 Å². The maximum atomic E-state index is 13.3. The van der Waals surface area contributed by atoms with Crippen molar-refractivity contribution < 1.29 is 28.8 Å². The van der Waals surface area contributed by atoms with Crippen LogP contribution >= 0.6 is 23.4 Å². The number of nitrogen functional groups attached to an aromatic ring is 1. The molecule has 3 fully saturated rings. The summed E-state index contributed by atoms with van der Waals surface area (Å²) in [6.45, 7) is 5.25. The Morgan fingerprint density at radius 1 is 0.851 bits per heavy atom. The van der Waals surface area contributed by atoms with Crippen molar-refractivity contribution in [2.75, 3.05) is 47.4 Å². The molecule has 67 heavy (non-hydrogen) atoms. The van der Waals surface area contributed by atoms with E-state index < -0.39 is 29.7 Å². The van der Waals surface area contributed by atoms with Crippen molar-refractivity contribution in [3.05, 3.63) is 58.7 Å². The Morgan fingerprint density at radius 3 is 2.18 bits per heavy atom. The standard InChI is InChI=1S/C49H65ClN10O6S/c1-31-22-23-49(43(31)51)24-28-59(29-25-49)37-30-55-46(44(52)57-37)67-36-17-13-16-34(42(36)50)56-39(62)21-20-38(61)54-27-11-9-7-5-3-2-4-6-8-10-26-53-33-15-12-14-32-41(33)48(66)60(47(32)65)35-18-19-40(63)58-45(35)64/h12-17,30-31,35,43,53H,2-11,18-29,51H2,1H3,(H2,52,57)(H,54,61)(H,56,62)(H,58,63,64). The van der Waals surface area contributed by atoms with Crippen LogP contribution in [0, 0.1) is 11.3 Å². The Kier molecular flexibility index (Phi) is 17.2. The fourth-order valence-corrected chi connectivity index (χ4v) is 11.0. The van der Waals surface area contributed by atoms with Gasteiger partial charge < -0.3 is 32.3 Å². The Hall–Kier alpha value is -5.26. The summed E-state index contributed by atoms with van der Waals surface area (Å²) in [5.41, 5.74) is 14.8. The van der Waals surface area contributed by atoms with Gasteiger partial charge in [0.25, 0.3) is 11.8 Å². The molecule has 8 N–H and O–H groups in total. The van der Waals surface area contributed by atoms with Gasteiger partial charge in [-0.3, -0.25) is 39.0 Å². The van der Waals surface area contributed by atoms with Gasteiger partial charge in [-0.2, -0.15) is 0 Å². The molecule has 4 aliphatic rings. The highest BCUT2D eigenvalue weighted by molar-refractivity contribution is 7.99. The summed E-state index contributed by atoms with van der Waals surface area (Å²) in [6.07, 6.45) is 17.2. The lowest BCUT2D eigenvalue weighted by Crippen LogP contribution is -2.54. The molecule has 1 aromatic heterocycles. The Labute approximate surface area is 402 Å². The molecule has 0 bridgehead atoms. The van der Waals surface area contributed by atoms with Crippen LogP contribution in [0.2, 0.25) is 5.02 Å². The molecule has 0 radical (unpaired) electrons. The number of piperidine rings is 2. The first-order chi connectivity index (χ1) is 32.3. The number of halogens is 1. The van der Waals surface area contributed by atoms with E-state index in [9.17, 15) is 28.8 Å². The van der Waals surface area contributed by atoms with Crippen molar-refractivity contribution in [2.45, 2.75) is 145 Å². The second kappa shape index (κ2) is 23.2. The summed E-state index contributed by atoms with van der Waals surface area (Å²) < 4.78 is 0. The number of nitrogens with one attached hydrogen (secondary N) is 4. The number of nitrogens with zero attached hydrogens (tertiary/aromatic N) is 4. The number of anilines is 4. The molecule has 3 aromatic rings. The number of unbranched alkanes of at least 4 members (excludes halogenated alkanes) is 9. The quantitative estimate of drug-likeness (QED) is 0.0425. The molecule has 1 spiro atoms. The van der Waals surface area contributed by atoms with E-state index in [1.54, 1.807) is 36.5 Å². The van der Waals surface area contributed by atoms with Gasteiger partial charge in [-0.1, -0.05) is 93.8 Å². The number of carbonyl (C=O) groups is 6. The third-order valence-corrected chi connectivity index (χ3v) is 15.6. The van der Waals surface area contributed by atoms with E-state index in [0.717, 1.165) is 101 Å². The molecule has 1 aliphatic carbocycles. The Morgan fingerprint density at radius 2 is 1.51 bits per heavy atom. The average Bonchev–Trinajstić information content (AvgIpc) is 3.73. The third kappa shape index (κ3) is 12.3. The molecule has 3 atom stereocenters. The van der Waals surface area contributed by atoms with Crippen LogP contribution in [0.15, 0.2) is 52.5 Å². The predicted molar refractivity (Wildman–Crippen MR) is 261 cm³/mol. The first-order valence-corrected chi connectivity index (χ1v) is 25.3. The molecule has 360 valence electrons. The smallest absolute Gasteiger partial charge is 0.264 e. The zero-order valence-electron chi connectivity index (χ0n) is 38.5. The molecule has 18 heteroatoms. The number of rotatable bonds is 22. The number of hydrogen-bond acceptors (Lipinski definition) is 13. The summed E-state index contributed by atoms with van der Waals surface area (Å²) in [6, 6.07) is 9.72. The van der Waals surface area contributed by atoms with E-state index in [4.69, 9.17) is 23.1 Å². The Bertz CT molecular complexity index is 2310. The summed E-state index contributed by atoms with van der Waals surface area (Å²) >= 11 is 8.02. The molecule has 2 aromatic carbocycles. The first-order valence-electron chi connectivity index (χ1n) is 24.1. The SMILES string of the molecule is CC1CCC2(CCN(c3cnc(Sc4cccc(NC(=O)CCC(=O)NCCCCCCCCCCCCNc5cccc6c5C(=O)N(C5CCC(=O)NC5=O)C6=O)c4Cl)c(N)n3)CC2)C1N. The highest BCUT2D eigenvalue weighted by Crippen LogP contribution is 2.48. The number of amides is 6. The number of benzene rings is 2. The first kappa shape index (κ1) is 49.6. The molecule has 16 nitrogen and oxygen atoms in total. The highest BCUT2D eigenvalue weighted by atomic mass is 35.5. The monoisotopic (exact) mass is 956 g/mol. The van der Waals surface area contributed by atoms with Crippen molar-refractivity contribution in [2.24, 2.45) is 17.1 Å². The molecule has 4 heterocycles. The van der Waals surface area contributed by atoms with Crippen molar-refractivity contribution in [1.29, 1.82) is 0 Å². The summed E-state index contributed by atoms with van der Waals surface area (Å²) in [5, 5.41) is 12.2. The molecule has 2 saturated heterocycles. The van der Waals surface area contributed by atoms with Gasteiger partial charge in [0.2, 0.25) is 23.6 Å². The number of nitrogens with two attached hydrogens (primary N) is 2. The van der Waals surface area contributed by atoms with E-state index in [2.05, 4.69) is 43.1 Å². The fraction of sp³-hybridized carbons (Fsp3) is 0.551. The number of fused-ring (bicyclic) bond motifs is 1. The van der Waals surface area contributed by atoms with Crippen LogP contribution in [0.3, 0.4) is 0 Å². The number of aromatic nitrogens is 2. The minimum atomic E-state index is -0.984. The van der Waals surface area contributed by atoms with Crippen LogP contribution in [0.1, 0.15) is 143 Å². The predicted octanol–water partition coefficient (Wildman–Crippen LogP) is 7.46. The zero-order valence-corrected chi connectivity index (χ0v) is 40.1. The molecule has 7 rings (SSSR count). The van der Waals surface area contributed by atoms with E-state index in [1.165, 1.54) is 24.6 Å². The lowest BCUT2D eigenvalue weighted by Gasteiger charge is -2.43. The minimum absolute atomic E-state index is 0.0313. The molecule has 6 amide bonds. The third-order valence-electron chi connectivity index (χ3n) is 14.0. The topological polar surface area (TPSA) is 235 Å². The van der Waals surface area contributed by atoms with Crippen LogP contribution in [0.25, 0.3) is 0 Å². The van der Waals surface area contributed by atoms with Crippen LogP contribution in [-0.2, 0) is 19.2 Å². The van der Waals surface area contributed by atoms with E-state index in [-0.39, 0.29) is 60.1 Å². The van der Waals surface area contributed by atoms with Gasteiger partial charge in [-0.05, 0) is 80.5 Å². The van der Waals surface area contributed by atoms with Crippen LogP contribution in [-0.4, -0.2) is 88.6 Å². The maximum absolute atomic E-state index is 13.3. The zero-order chi connectivity index (χ0) is 47.5. The minimum Gasteiger partial charge on any atom is -0.384 e. The van der Waals surface area contributed by atoms with Crippen LogP contribution in [0.4, 0.5) is 23.0 Å². The van der Waals surface area contributed by atoms with Crippen molar-refractivity contribution in [3.63, 3.8) is 0 Å². The van der Waals surface area contributed by atoms with E-state index in [0.29, 0.717) is 51.1 Å². The van der Waals surface area contributed by atoms with Gasteiger partial charge in [-0.15, -0.1) is 0 Å². The number of carbonyl (C=O) groups excluding carboxylic acids is 6. The average molecular weight is 958 g/mol. The van der Waals surface area contributed by atoms with Crippen molar-refractivity contribution in [3.8, 4) is 0 Å². The van der Waals surface area contributed by atoms with Gasteiger partial charge in [0.05, 0.1) is 28.0 Å². The normalized spacial score (nSPS) is 20.0. The lowest BCUT2D eigenvalue weighted by atomic mass is 9.73. The summed E-state index contributed by atoms with van der Waals surface area (Å²) in [4.78, 5) is 88.8. The fourth-order valence-electron chi connectivity index (χ4n) is 9.94. The maximum Gasteiger partial charge on any atom is 0.264 e. The van der Waals surface area contributed by atoms with Crippen LogP contribution in [0.5, 0.6) is 0 Å². The van der Waals surface area contributed by atoms with Crippen molar-refractivity contribution >= 4 is 81.8 Å². The van der Waals surface area contributed by atoms with Gasteiger partial charge in [-0.25, -0.2) is 9.97 Å². The van der Waals surface area contributed by atoms with Gasteiger partial charge >= 0.3 is 0 Å². The van der Waals surface area contributed by atoms with Gasteiger partial charge in [0.1, 0.15) is 16.9 Å². The summed E-state index contributed by atoms with van der Waals surface area (Å²) in [7, 11) is 0. The second-order valence-corrected chi connectivity index (χ2v) is 20.0. The van der Waals surface area contributed by atoms with E-state index in [1.807, 2.05) is 6.07 Å². The van der Waals surface area contributed by atoms with Crippen molar-refractivity contribution in [1.82, 2.24) is 25.5 Å². The number of hydrogen-bond donors (Lipinski definition) is 6. The highest BCUT2D eigenvalue weighted by Gasteiger charge is 2.47.